The van der Waals surface area contributed by atoms with Crippen molar-refractivity contribution in [2.75, 3.05) is 6.61 Å². The second-order valence-corrected chi connectivity index (χ2v) is 5.74. The van der Waals surface area contributed by atoms with Gasteiger partial charge in [0.1, 0.15) is 0 Å². The minimum Gasteiger partial charge on any atom is -0.466 e. The smallest absolute Gasteiger partial charge is 0.302 e. The highest BCUT2D eigenvalue weighted by Gasteiger charge is 2.31. The molecule has 0 N–H and O–H groups in total. The molecule has 1 atom stereocenters. The Morgan fingerprint density at radius 3 is 2.82 bits per heavy atom. The molecule has 0 fully saturated rings. The average Bonchev–Trinajstić information content (AvgIpc) is 2.29. The SMILES string of the molecule is CCC1(CCCOC(C)=O)C=C(I)C(=O)CC1. The van der Waals surface area contributed by atoms with Gasteiger partial charge in [0, 0.05) is 13.3 Å². The average molecular weight is 350 g/mol. The predicted octanol–water partition coefficient (Wildman–Crippen LogP) is 3.41. The summed E-state index contributed by atoms with van der Waals surface area (Å²) in [6.07, 6.45) is 6.57. The third-order valence-corrected chi connectivity index (χ3v) is 4.29. The van der Waals surface area contributed by atoms with Gasteiger partial charge in [-0.2, -0.15) is 0 Å². The van der Waals surface area contributed by atoms with Crippen molar-refractivity contribution in [3.05, 3.63) is 9.66 Å². The lowest BCUT2D eigenvalue weighted by molar-refractivity contribution is -0.141. The van der Waals surface area contributed by atoms with E-state index in [0.29, 0.717) is 13.0 Å². The zero-order valence-electron chi connectivity index (χ0n) is 10.4. The number of hydrogen-bond donors (Lipinski definition) is 0. The first-order valence-corrected chi connectivity index (χ1v) is 7.12. The normalized spacial score (nSPS) is 24.4. The third kappa shape index (κ3) is 4.41. The van der Waals surface area contributed by atoms with Crippen molar-refractivity contribution in [3.8, 4) is 0 Å². The lowest BCUT2D eigenvalue weighted by atomic mass is 9.73. The van der Waals surface area contributed by atoms with Crippen molar-refractivity contribution in [3.63, 3.8) is 0 Å². The molecule has 1 rings (SSSR count). The number of hydrogen-bond acceptors (Lipinski definition) is 3. The molecule has 0 aromatic rings. The van der Waals surface area contributed by atoms with Crippen molar-refractivity contribution in [1.29, 1.82) is 0 Å². The van der Waals surface area contributed by atoms with Crippen molar-refractivity contribution in [1.82, 2.24) is 0 Å². The maximum absolute atomic E-state index is 11.5. The monoisotopic (exact) mass is 350 g/mol. The molecule has 1 aliphatic carbocycles. The molecule has 0 aromatic heterocycles. The minimum atomic E-state index is -0.223. The van der Waals surface area contributed by atoms with Gasteiger partial charge in [-0.3, -0.25) is 9.59 Å². The maximum atomic E-state index is 11.5. The minimum absolute atomic E-state index is 0.130. The van der Waals surface area contributed by atoms with Crippen LogP contribution in [0.25, 0.3) is 0 Å². The molecule has 4 heteroatoms. The lowest BCUT2D eigenvalue weighted by Gasteiger charge is -2.32. The Morgan fingerprint density at radius 1 is 1.59 bits per heavy atom. The van der Waals surface area contributed by atoms with Gasteiger partial charge in [-0.05, 0) is 53.7 Å². The van der Waals surface area contributed by atoms with Crippen LogP contribution in [0.5, 0.6) is 0 Å². The standard InChI is InChI=1S/C13H19IO3/c1-3-13(6-4-8-17-10(2)15)7-5-12(16)11(14)9-13/h9H,3-8H2,1-2H3. The van der Waals surface area contributed by atoms with E-state index in [9.17, 15) is 9.59 Å². The Hall–Kier alpha value is -0.390. The molecule has 3 nitrogen and oxygen atoms in total. The summed E-state index contributed by atoms with van der Waals surface area (Å²) in [6, 6.07) is 0. The summed E-state index contributed by atoms with van der Waals surface area (Å²) >= 11 is 2.13. The van der Waals surface area contributed by atoms with Gasteiger partial charge in [-0.15, -0.1) is 0 Å². The molecule has 0 heterocycles. The fourth-order valence-corrected chi connectivity index (χ4v) is 3.13. The van der Waals surface area contributed by atoms with E-state index in [2.05, 4.69) is 35.6 Å². The molecule has 0 saturated carbocycles. The van der Waals surface area contributed by atoms with E-state index in [4.69, 9.17) is 4.74 Å². The van der Waals surface area contributed by atoms with E-state index in [1.807, 2.05) is 0 Å². The summed E-state index contributed by atoms with van der Waals surface area (Å²) in [4.78, 5) is 22.1. The van der Waals surface area contributed by atoms with E-state index in [-0.39, 0.29) is 17.2 Å². The van der Waals surface area contributed by atoms with Crippen LogP contribution in [0, 0.1) is 5.41 Å². The van der Waals surface area contributed by atoms with Gasteiger partial charge < -0.3 is 4.74 Å². The molecular formula is C13H19IO3. The first-order chi connectivity index (χ1) is 7.99. The fraction of sp³-hybridized carbons (Fsp3) is 0.692. The van der Waals surface area contributed by atoms with Gasteiger partial charge in [-0.25, -0.2) is 0 Å². The zero-order valence-corrected chi connectivity index (χ0v) is 12.6. The number of carbonyl (C=O) groups is 2. The van der Waals surface area contributed by atoms with Crippen LogP contribution < -0.4 is 0 Å². The first kappa shape index (κ1) is 14.7. The van der Waals surface area contributed by atoms with Crippen molar-refractivity contribution in [2.24, 2.45) is 5.41 Å². The Kier molecular flexibility index (Phi) is 5.62. The highest BCUT2D eigenvalue weighted by atomic mass is 127. The van der Waals surface area contributed by atoms with Crippen LogP contribution >= 0.6 is 22.6 Å². The quantitative estimate of drug-likeness (QED) is 0.434. The summed E-state index contributed by atoms with van der Waals surface area (Å²) in [5, 5.41) is 0. The summed E-state index contributed by atoms with van der Waals surface area (Å²) in [5.74, 6) is 0.0363. The van der Waals surface area contributed by atoms with E-state index in [1.54, 1.807) is 0 Å². The number of allylic oxidation sites excluding steroid dienone is 2. The predicted molar refractivity (Wildman–Crippen MR) is 74.9 cm³/mol. The molecule has 1 unspecified atom stereocenters. The van der Waals surface area contributed by atoms with Crippen LogP contribution in [-0.2, 0) is 14.3 Å². The van der Waals surface area contributed by atoms with Gasteiger partial charge in [0.05, 0.1) is 10.2 Å². The van der Waals surface area contributed by atoms with E-state index < -0.39 is 0 Å². The fourth-order valence-electron chi connectivity index (χ4n) is 2.20. The van der Waals surface area contributed by atoms with E-state index in [0.717, 1.165) is 29.3 Å². The summed E-state index contributed by atoms with van der Waals surface area (Å²) < 4.78 is 5.81. The van der Waals surface area contributed by atoms with Gasteiger partial charge >= 0.3 is 5.97 Å². The molecule has 0 bridgehead atoms. The molecular weight excluding hydrogens is 331 g/mol. The number of rotatable bonds is 5. The Morgan fingerprint density at radius 2 is 2.29 bits per heavy atom. The summed E-state index contributed by atoms with van der Waals surface area (Å²) in [7, 11) is 0. The number of esters is 1. The van der Waals surface area contributed by atoms with E-state index in [1.165, 1.54) is 6.92 Å². The third-order valence-electron chi connectivity index (χ3n) is 3.38. The van der Waals surface area contributed by atoms with Crippen molar-refractivity contribution < 1.29 is 14.3 Å². The Balaban J connectivity index is 2.52. The van der Waals surface area contributed by atoms with Gasteiger partial charge in [0.2, 0.25) is 0 Å². The van der Waals surface area contributed by atoms with Crippen LogP contribution in [0.1, 0.15) is 46.0 Å². The molecule has 0 spiro atoms. The highest BCUT2D eigenvalue weighted by molar-refractivity contribution is 14.1. The second-order valence-electron chi connectivity index (χ2n) is 4.57. The number of halogens is 1. The number of ketones is 1. The van der Waals surface area contributed by atoms with Crippen LogP contribution in [0.4, 0.5) is 0 Å². The largest absolute Gasteiger partial charge is 0.466 e. The Bertz CT molecular complexity index is 336. The molecule has 17 heavy (non-hydrogen) atoms. The van der Waals surface area contributed by atoms with Crippen LogP contribution in [-0.4, -0.2) is 18.4 Å². The van der Waals surface area contributed by atoms with Crippen LogP contribution in [0.2, 0.25) is 0 Å². The highest BCUT2D eigenvalue weighted by Crippen LogP contribution is 2.41. The van der Waals surface area contributed by atoms with Gasteiger partial charge in [0.25, 0.3) is 0 Å². The lowest BCUT2D eigenvalue weighted by Crippen LogP contribution is -2.24. The second kappa shape index (κ2) is 6.52. The van der Waals surface area contributed by atoms with Gasteiger partial charge in [-0.1, -0.05) is 13.0 Å². The molecule has 0 aromatic carbocycles. The van der Waals surface area contributed by atoms with Gasteiger partial charge in [0.15, 0.2) is 5.78 Å². The first-order valence-electron chi connectivity index (χ1n) is 6.04. The van der Waals surface area contributed by atoms with Crippen molar-refractivity contribution in [2.45, 2.75) is 46.0 Å². The molecule has 96 valence electrons. The van der Waals surface area contributed by atoms with Crippen LogP contribution in [0.15, 0.2) is 9.66 Å². The zero-order chi connectivity index (χ0) is 12.9. The number of carbonyl (C=O) groups excluding carboxylic acids is 2. The molecule has 1 aliphatic rings. The van der Waals surface area contributed by atoms with E-state index >= 15 is 0 Å². The summed E-state index contributed by atoms with van der Waals surface area (Å²) in [5.41, 5.74) is 0.130. The van der Waals surface area contributed by atoms with Crippen LogP contribution in [0.3, 0.4) is 0 Å². The topological polar surface area (TPSA) is 43.4 Å². The summed E-state index contributed by atoms with van der Waals surface area (Å²) in [6.45, 7) is 4.06. The molecule has 0 amide bonds. The number of ether oxygens (including phenoxy) is 1. The molecule has 0 saturated heterocycles. The molecule has 0 radical (unpaired) electrons. The molecule has 0 aliphatic heterocycles. The van der Waals surface area contributed by atoms with Crippen molar-refractivity contribution >= 4 is 34.3 Å². The Labute approximate surface area is 116 Å². The maximum Gasteiger partial charge on any atom is 0.302 e. The number of Topliss-reactive ketones (excluding diaryl/α,β-unsaturated/α-hetero) is 1.